The van der Waals surface area contributed by atoms with Crippen molar-refractivity contribution in [2.24, 2.45) is 5.92 Å². The number of nitrogens with one attached hydrogen (secondary N) is 1. The van der Waals surface area contributed by atoms with Crippen molar-refractivity contribution in [2.45, 2.75) is 58.1 Å². The standard InChI is InChI=1S/C15H25N3O2/c1-15(2,3)18-10-12(9-17-18)14(20)16-8-11-6-4-5-7-13(11)19/h9-11,13,19H,4-8H2,1-3H3,(H,16,20)/t11-,13-/m0/s1. The lowest BCUT2D eigenvalue weighted by Crippen LogP contribution is -2.36. The smallest absolute Gasteiger partial charge is 0.254 e. The van der Waals surface area contributed by atoms with Crippen LogP contribution in [-0.4, -0.2) is 33.4 Å². The molecule has 0 bridgehead atoms. The number of carbonyl (C=O) groups is 1. The van der Waals surface area contributed by atoms with Crippen LogP contribution >= 0.6 is 0 Å². The third-order valence-corrected chi connectivity index (χ3v) is 3.93. The highest BCUT2D eigenvalue weighted by Crippen LogP contribution is 2.23. The first-order valence-electron chi connectivity index (χ1n) is 7.39. The molecule has 1 saturated carbocycles. The Morgan fingerprint density at radius 1 is 1.45 bits per heavy atom. The first kappa shape index (κ1) is 15.0. The molecular formula is C15H25N3O2. The molecule has 1 aromatic rings. The monoisotopic (exact) mass is 279 g/mol. The Bertz CT molecular complexity index is 462. The zero-order valence-electron chi connectivity index (χ0n) is 12.6. The van der Waals surface area contributed by atoms with Crippen LogP contribution in [0.5, 0.6) is 0 Å². The van der Waals surface area contributed by atoms with Crippen LogP contribution in [0.2, 0.25) is 0 Å². The molecule has 5 nitrogen and oxygen atoms in total. The van der Waals surface area contributed by atoms with Gasteiger partial charge in [0, 0.05) is 18.7 Å². The average Bonchev–Trinajstić information content (AvgIpc) is 2.87. The van der Waals surface area contributed by atoms with Gasteiger partial charge in [-0.1, -0.05) is 12.8 Å². The van der Waals surface area contributed by atoms with Crippen molar-refractivity contribution >= 4 is 5.91 Å². The fourth-order valence-corrected chi connectivity index (χ4v) is 2.56. The fraction of sp³-hybridized carbons (Fsp3) is 0.733. The third-order valence-electron chi connectivity index (χ3n) is 3.93. The Labute approximate surface area is 120 Å². The van der Waals surface area contributed by atoms with Gasteiger partial charge in [-0.2, -0.15) is 5.10 Å². The number of hydrogen-bond acceptors (Lipinski definition) is 3. The lowest BCUT2D eigenvalue weighted by Gasteiger charge is -2.27. The number of aliphatic hydroxyl groups excluding tert-OH is 1. The summed E-state index contributed by atoms with van der Waals surface area (Å²) in [6, 6.07) is 0. The minimum absolute atomic E-state index is 0.113. The van der Waals surface area contributed by atoms with Gasteiger partial charge in [0.05, 0.1) is 23.4 Å². The molecule has 2 atom stereocenters. The number of amides is 1. The second kappa shape index (κ2) is 5.95. The largest absolute Gasteiger partial charge is 0.393 e. The van der Waals surface area contributed by atoms with E-state index in [0.717, 1.165) is 25.7 Å². The maximum absolute atomic E-state index is 12.1. The lowest BCUT2D eigenvalue weighted by atomic mass is 9.86. The predicted molar refractivity (Wildman–Crippen MR) is 77.5 cm³/mol. The maximum Gasteiger partial charge on any atom is 0.254 e. The quantitative estimate of drug-likeness (QED) is 0.888. The maximum atomic E-state index is 12.1. The SMILES string of the molecule is CC(C)(C)n1cc(C(=O)NC[C@@H]2CCCC[C@@H]2O)cn1. The topological polar surface area (TPSA) is 67.2 Å². The van der Waals surface area contributed by atoms with Gasteiger partial charge in [-0.05, 0) is 33.6 Å². The summed E-state index contributed by atoms with van der Waals surface area (Å²) >= 11 is 0. The molecule has 2 N–H and O–H groups in total. The van der Waals surface area contributed by atoms with Crippen molar-refractivity contribution in [3.05, 3.63) is 18.0 Å². The summed E-state index contributed by atoms with van der Waals surface area (Å²) in [5, 5.41) is 17.0. The number of nitrogens with zero attached hydrogens (tertiary/aromatic N) is 2. The molecule has 0 unspecified atom stereocenters. The van der Waals surface area contributed by atoms with Gasteiger partial charge in [0.15, 0.2) is 0 Å². The molecule has 0 aromatic carbocycles. The molecule has 1 heterocycles. The van der Waals surface area contributed by atoms with E-state index < -0.39 is 0 Å². The van der Waals surface area contributed by atoms with E-state index in [1.54, 1.807) is 17.1 Å². The number of rotatable bonds is 3. The van der Waals surface area contributed by atoms with Crippen LogP contribution in [0, 0.1) is 5.92 Å². The minimum Gasteiger partial charge on any atom is -0.393 e. The molecule has 0 saturated heterocycles. The van der Waals surface area contributed by atoms with E-state index in [2.05, 4.69) is 10.4 Å². The van der Waals surface area contributed by atoms with E-state index in [1.165, 1.54) is 0 Å². The normalized spacial score (nSPS) is 23.6. The van der Waals surface area contributed by atoms with Crippen LogP contribution in [-0.2, 0) is 5.54 Å². The van der Waals surface area contributed by atoms with E-state index in [0.29, 0.717) is 12.1 Å². The van der Waals surface area contributed by atoms with E-state index in [4.69, 9.17) is 0 Å². The molecule has 112 valence electrons. The van der Waals surface area contributed by atoms with Crippen molar-refractivity contribution in [3.8, 4) is 0 Å². The summed E-state index contributed by atoms with van der Waals surface area (Å²) in [5.41, 5.74) is 0.447. The molecule has 2 rings (SSSR count). The van der Waals surface area contributed by atoms with Crippen LogP contribution in [0.4, 0.5) is 0 Å². The Kier molecular flexibility index (Phi) is 4.48. The second-order valence-corrected chi connectivity index (χ2v) is 6.67. The fourth-order valence-electron chi connectivity index (χ4n) is 2.56. The number of carbonyl (C=O) groups excluding carboxylic acids is 1. The van der Waals surface area contributed by atoms with Crippen molar-refractivity contribution in [3.63, 3.8) is 0 Å². The van der Waals surface area contributed by atoms with E-state index in [9.17, 15) is 9.90 Å². The molecule has 0 spiro atoms. The van der Waals surface area contributed by atoms with Crippen LogP contribution in [0.3, 0.4) is 0 Å². The van der Waals surface area contributed by atoms with Gasteiger partial charge < -0.3 is 10.4 Å². The highest BCUT2D eigenvalue weighted by atomic mass is 16.3. The van der Waals surface area contributed by atoms with Crippen molar-refractivity contribution in [1.29, 1.82) is 0 Å². The summed E-state index contributed by atoms with van der Waals surface area (Å²) < 4.78 is 1.79. The second-order valence-electron chi connectivity index (χ2n) is 6.67. The molecule has 1 aliphatic rings. The number of aromatic nitrogens is 2. The number of hydrogen-bond donors (Lipinski definition) is 2. The molecule has 1 aliphatic carbocycles. The third kappa shape index (κ3) is 3.60. The zero-order valence-corrected chi connectivity index (χ0v) is 12.6. The molecule has 20 heavy (non-hydrogen) atoms. The minimum atomic E-state index is -0.277. The van der Waals surface area contributed by atoms with Crippen molar-refractivity contribution in [1.82, 2.24) is 15.1 Å². The molecule has 0 radical (unpaired) electrons. The summed E-state index contributed by atoms with van der Waals surface area (Å²) in [6.07, 6.45) is 7.15. The first-order chi connectivity index (χ1) is 9.38. The lowest BCUT2D eigenvalue weighted by molar-refractivity contribution is 0.0663. The van der Waals surface area contributed by atoms with Gasteiger partial charge >= 0.3 is 0 Å². The van der Waals surface area contributed by atoms with Crippen LogP contribution in [0.1, 0.15) is 56.8 Å². The molecule has 1 amide bonds. The average molecular weight is 279 g/mol. The summed E-state index contributed by atoms with van der Waals surface area (Å²) in [7, 11) is 0. The van der Waals surface area contributed by atoms with Gasteiger partial charge in [0.2, 0.25) is 0 Å². The van der Waals surface area contributed by atoms with E-state index in [1.807, 2.05) is 20.8 Å². The first-order valence-corrected chi connectivity index (χ1v) is 7.39. The van der Waals surface area contributed by atoms with Gasteiger partial charge in [0.1, 0.15) is 0 Å². The van der Waals surface area contributed by atoms with Crippen LogP contribution in [0.15, 0.2) is 12.4 Å². The molecule has 0 aliphatic heterocycles. The van der Waals surface area contributed by atoms with Crippen LogP contribution in [0.25, 0.3) is 0 Å². The summed E-state index contributed by atoms with van der Waals surface area (Å²) in [4.78, 5) is 12.1. The highest BCUT2D eigenvalue weighted by Gasteiger charge is 2.24. The molecule has 5 heteroatoms. The summed E-state index contributed by atoms with van der Waals surface area (Å²) in [6.45, 7) is 6.67. The molecule has 1 fully saturated rings. The van der Waals surface area contributed by atoms with Crippen molar-refractivity contribution < 1.29 is 9.90 Å². The van der Waals surface area contributed by atoms with Crippen LogP contribution < -0.4 is 5.32 Å². The molecular weight excluding hydrogens is 254 g/mol. The molecule has 1 aromatic heterocycles. The summed E-state index contributed by atoms with van der Waals surface area (Å²) in [5.74, 6) is 0.0728. The van der Waals surface area contributed by atoms with Crippen molar-refractivity contribution in [2.75, 3.05) is 6.54 Å². The Morgan fingerprint density at radius 2 is 2.15 bits per heavy atom. The van der Waals surface area contributed by atoms with Gasteiger partial charge in [-0.25, -0.2) is 0 Å². The van der Waals surface area contributed by atoms with Gasteiger partial charge in [-0.15, -0.1) is 0 Å². The predicted octanol–water partition coefficient (Wildman–Crippen LogP) is 1.92. The van der Waals surface area contributed by atoms with Gasteiger partial charge in [-0.3, -0.25) is 9.48 Å². The Hall–Kier alpha value is -1.36. The number of aliphatic hydroxyl groups is 1. The zero-order chi connectivity index (χ0) is 14.8. The Balaban J connectivity index is 1.90. The van der Waals surface area contributed by atoms with E-state index in [-0.39, 0.29) is 23.5 Å². The Morgan fingerprint density at radius 3 is 2.75 bits per heavy atom. The van der Waals surface area contributed by atoms with Gasteiger partial charge in [0.25, 0.3) is 5.91 Å². The highest BCUT2D eigenvalue weighted by molar-refractivity contribution is 5.93. The van der Waals surface area contributed by atoms with E-state index >= 15 is 0 Å².